The molecular weight excluding hydrogens is 396 g/mol. The van der Waals surface area contributed by atoms with Crippen LogP contribution in [-0.4, -0.2) is 47.4 Å². The molecule has 2 aromatic rings. The molecule has 8 nitrogen and oxygen atoms in total. The molecule has 10 heteroatoms. The number of nitrogens with two attached hydrogens (primary N) is 1. The van der Waals surface area contributed by atoms with Gasteiger partial charge in [-0.05, 0) is 24.3 Å². The second-order valence-electron chi connectivity index (χ2n) is 7.57. The number of halogens is 2. The van der Waals surface area contributed by atoms with Gasteiger partial charge in [-0.25, -0.2) is 18.7 Å². The number of carbonyl (C=O) groups is 2. The summed E-state index contributed by atoms with van der Waals surface area (Å²) in [7, 11) is 0. The average Bonchev–Trinajstić information content (AvgIpc) is 3.53. The van der Waals surface area contributed by atoms with E-state index in [1.165, 1.54) is 11.1 Å². The number of aromatic nitrogens is 2. The van der Waals surface area contributed by atoms with Gasteiger partial charge in [0, 0.05) is 0 Å². The molecule has 2 fully saturated rings. The highest BCUT2D eigenvalue weighted by atomic mass is 19.3. The molecule has 1 saturated heterocycles. The quantitative estimate of drug-likeness (QED) is 0.676. The van der Waals surface area contributed by atoms with Crippen molar-refractivity contribution in [3.63, 3.8) is 0 Å². The van der Waals surface area contributed by atoms with Crippen molar-refractivity contribution in [1.29, 1.82) is 0 Å². The Morgan fingerprint density at radius 2 is 1.97 bits per heavy atom. The minimum absolute atomic E-state index is 0.0281. The number of hydrogen-bond acceptors (Lipinski definition) is 6. The van der Waals surface area contributed by atoms with E-state index in [0.717, 1.165) is 12.8 Å². The molecule has 3 N–H and O–H groups in total. The highest BCUT2D eigenvalue weighted by Crippen LogP contribution is 2.36. The van der Waals surface area contributed by atoms with Crippen LogP contribution in [0.25, 0.3) is 0 Å². The van der Waals surface area contributed by atoms with Crippen LogP contribution in [0.1, 0.15) is 34.9 Å². The number of ether oxygens (including phenoxy) is 1. The Kier molecular flexibility index (Phi) is 5.23. The van der Waals surface area contributed by atoms with Gasteiger partial charge in [0.2, 0.25) is 5.91 Å². The van der Waals surface area contributed by atoms with Crippen LogP contribution >= 0.6 is 0 Å². The summed E-state index contributed by atoms with van der Waals surface area (Å²) in [6, 6.07) is 7.50. The number of nitrogens with zero attached hydrogens (tertiary/aromatic N) is 3. The van der Waals surface area contributed by atoms with Gasteiger partial charge in [-0.15, -0.1) is 0 Å². The van der Waals surface area contributed by atoms with Gasteiger partial charge >= 0.3 is 0 Å². The van der Waals surface area contributed by atoms with Crippen LogP contribution in [0.2, 0.25) is 0 Å². The maximum Gasteiger partial charge on any atom is 0.282 e. The lowest BCUT2D eigenvalue weighted by Gasteiger charge is -2.39. The Morgan fingerprint density at radius 3 is 2.57 bits per heavy atom. The first-order valence-corrected chi connectivity index (χ1v) is 9.60. The van der Waals surface area contributed by atoms with Gasteiger partial charge in [-0.3, -0.25) is 9.59 Å². The second kappa shape index (κ2) is 7.85. The predicted molar refractivity (Wildman–Crippen MR) is 103 cm³/mol. The zero-order valence-corrected chi connectivity index (χ0v) is 16.1. The zero-order valence-electron chi connectivity index (χ0n) is 16.1. The number of anilines is 1. The van der Waals surface area contributed by atoms with E-state index in [-0.39, 0.29) is 17.4 Å². The fourth-order valence-electron chi connectivity index (χ4n) is 3.10. The SMILES string of the molecule is NC(=O)[C@@H](NC(=O)c1cnc(N2CC(F)(F)C2)c(OCC2CC2)n1)c1ccccc1. The van der Waals surface area contributed by atoms with Crippen molar-refractivity contribution in [2.75, 3.05) is 24.6 Å². The van der Waals surface area contributed by atoms with E-state index in [9.17, 15) is 18.4 Å². The molecule has 30 heavy (non-hydrogen) atoms. The Bertz CT molecular complexity index is 945. The lowest BCUT2D eigenvalue weighted by molar-refractivity contribution is -0.120. The van der Waals surface area contributed by atoms with Gasteiger partial charge in [-0.2, -0.15) is 0 Å². The van der Waals surface area contributed by atoms with Crippen molar-refractivity contribution >= 4 is 17.6 Å². The summed E-state index contributed by atoms with van der Waals surface area (Å²) in [4.78, 5) is 34.2. The van der Waals surface area contributed by atoms with Crippen LogP contribution in [0.15, 0.2) is 36.5 Å². The largest absolute Gasteiger partial charge is 0.475 e. The average molecular weight is 417 g/mol. The van der Waals surface area contributed by atoms with Crippen LogP contribution in [-0.2, 0) is 4.79 Å². The summed E-state index contributed by atoms with van der Waals surface area (Å²) in [5, 5.41) is 2.54. The first-order valence-electron chi connectivity index (χ1n) is 9.60. The van der Waals surface area contributed by atoms with Crippen LogP contribution in [0.3, 0.4) is 0 Å². The number of amides is 2. The molecule has 1 atom stereocenters. The van der Waals surface area contributed by atoms with Crippen LogP contribution in [0.4, 0.5) is 14.6 Å². The van der Waals surface area contributed by atoms with E-state index >= 15 is 0 Å². The number of alkyl halides is 2. The number of rotatable bonds is 8. The maximum absolute atomic E-state index is 13.3. The van der Waals surface area contributed by atoms with Gasteiger partial charge in [0.1, 0.15) is 6.04 Å². The molecule has 1 aromatic heterocycles. The third-order valence-electron chi connectivity index (χ3n) is 4.94. The molecule has 158 valence electrons. The Hall–Kier alpha value is -3.30. The van der Waals surface area contributed by atoms with Gasteiger partial charge in [-0.1, -0.05) is 30.3 Å². The molecule has 0 unspecified atom stereocenters. The van der Waals surface area contributed by atoms with Crippen molar-refractivity contribution in [1.82, 2.24) is 15.3 Å². The zero-order chi connectivity index (χ0) is 21.3. The van der Waals surface area contributed by atoms with E-state index in [2.05, 4.69) is 15.3 Å². The minimum atomic E-state index is -2.78. The molecule has 0 bridgehead atoms. The highest BCUT2D eigenvalue weighted by molar-refractivity contribution is 5.96. The lowest BCUT2D eigenvalue weighted by atomic mass is 10.1. The summed E-state index contributed by atoms with van der Waals surface area (Å²) in [6.45, 7) is -0.583. The number of carbonyl (C=O) groups excluding carboxylic acids is 2. The Labute approximate surface area is 171 Å². The summed E-state index contributed by atoms with van der Waals surface area (Å²) in [5.74, 6) is -3.59. The smallest absolute Gasteiger partial charge is 0.282 e. The van der Waals surface area contributed by atoms with E-state index in [0.29, 0.717) is 18.1 Å². The monoisotopic (exact) mass is 417 g/mol. The van der Waals surface area contributed by atoms with Gasteiger partial charge in [0.25, 0.3) is 17.7 Å². The van der Waals surface area contributed by atoms with Crippen LogP contribution < -0.4 is 20.7 Å². The van der Waals surface area contributed by atoms with Crippen molar-refractivity contribution in [2.24, 2.45) is 11.7 Å². The van der Waals surface area contributed by atoms with Crippen molar-refractivity contribution < 1.29 is 23.1 Å². The van der Waals surface area contributed by atoms with E-state index in [4.69, 9.17) is 10.5 Å². The van der Waals surface area contributed by atoms with E-state index in [1.54, 1.807) is 30.3 Å². The first-order chi connectivity index (χ1) is 14.3. The third-order valence-corrected chi connectivity index (χ3v) is 4.94. The van der Waals surface area contributed by atoms with Crippen LogP contribution in [0.5, 0.6) is 5.88 Å². The molecule has 0 radical (unpaired) electrons. The first kappa shape index (κ1) is 20.0. The fraction of sp³-hybridized carbons (Fsp3) is 0.400. The minimum Gasteiger partial charge on any atom is -0.475 e. The van der Waals surface area contributed by atoms with Crippen LogP contribution in [0, 0.1) is 5.92 Å². The van der Waals surface area contributed by atoms with Gasteiger partial charge < -0.3 is 20.7 Å². The van der Waals surface area contributed by atoms with Crippen molar-refractivity contribution in [3.05, 3.63) is 47.8 Å². The summed E-state index contributed by atoms with van der Waals surface area (Å²) < 4.78 is 32.2. The summed E-state index contributed by atoms with van der Waals surface area (Å²) in [6.07, 6.45) is 3.23. The fourth-order valence-corrected chi connectivity index (χ4v) is 3.10. The summed E-state index contributed by atoms with van der Waals surface area (Å²) in [5.41, 5.74) is 5.86. The molecule has 2 heterocycles. The molecule has 1 aliphatic heterocycles. The number of primary amides is 1. The lowest BCUT2D eigenvalue weighted by Crippen LogP contribution is -2.56. The van der Waals surface area contributed by atoms with Gasteiger partial charge in [0.15, 0.2) is 11.5 Å². The number of benzene rings is 1. The van der Waals surface area contributed by atoms with E-state index in [1.807, 2.05) is 0 Å². The second-order valence-corrected chi connectivity index (χ2v) is 7.57. The van der Waals surface area contributed by atoms with Crippen molar-refractivity contribution in [3.8, 4) is 5.88 Å². The van der Waals surface area contributed by atoms with Crippen molar-refractivity contribution in [2.45, 2.75) is 24.8 Å². The maximum atomic E-state index is 13.3. The van der Waals surface area contributed by atoms with E-state index < -0.39 is 36.9 Å². The Balaban J connectivity index is 1.54. The molecular formula is C20H21F2N5O3. The van der Waals surface area contributed by atoms with Gasteiger partial charge in [0.05, 0.1) is 25.9 Å². The topological polar surface area (TPSA) is 110 Å². The number of nitrogens with one attached hydrogen (secondary N) is 1. The highest BCUT2D eigenvalue weighted by Gasteiger charge is 2.46. The third kappa shape index (κ3) is 4.47. The molecule has 2 aliphatic rings. The normalized spacial score (nSPS) is 18.3. The molecule has 1 saturated carbocycles. The molecule has 4 rings (SSSR count). The standard InChI is InChI=1S/C20H21F2N5O3/c21-20(22)10-27(11-20)17-19(30-9-12-6-7-12)25-14(8-24-17)18(29)26-15(16(23)28)13-4-2-1-3-5-13/h1-5,8,12,15H,6-7,9-11H2,(H2,23,28)(H,26,29)/t15-/m0/s1. The Morgan fingerprint density at radius 1 is 1.27 bits per heavy atom. The molecule has 2 amide bonds. The molecule has 1 aliphatic carbocycles. The molecule has 1 aromatic carbocycles. The number of hydrogen-bond donors (Lipinski definition) is 2. The molecule has 0 spiro atoms. The summed E-state index contributed by atoms with van der Waals surface area (Å²) >= 11 is 0. The predicted octanol–water partition coefficient (Wildman–Crippen LogP) is 1.68.